The van der Waals surface area contributed by atoms with E-state index in [0.717, 1.165) is 19.3 Å². The predicted octanol–water partition coefficient (Wildman–Crippen LogP) is 4.18. The molecule has 3 aliphatic rings. The third-order valence-electron chi connectivity index (χ3n) is 6.93. The van der Waals surface area contributed by atoms with Crippen LogP contribution in [0.4, 0.5) is 0 Å². The van der Waals surface area contributed by atoms with Crippen LogP contribution in [0.1, 0.15) is 63.0 Å². The summed E-state index contributed by atoms with van der Waals surface area (Å²) in [4.78, 5) is 11.4. The Labute approximate surface area is 138 Å². The SMILES string of the molecule is CC(=O)O[C@H]1CC[C@H]2[C@@H]3CCc4cc(O)ccc4[C@H]3CC[C@]12C. The van der Waals surface area contributed by atoms with Crippen LogP contribution in [-0.2, 0) is 16.0 Å². The Kier molecular flexibility index (Phi) is 3.44. The van der Waals surface area contributed by atoms with Crippen molar-refractivity contribution in [3.05, 3.63) is 29.3 Å². The molecule has 23 heavy (non-hydrogen) atoms. The zero-order valence-electron chi connectivity index (χ0n) is 14.0. The van der Waals surface area contributed by atoms with Gasteiger partial charge in [0.2, 0.25) is 0 Å². The number of hydrogen-bond donors (Lipinski definition) is 1. The van der Waals surface area contributed by atoms with E-state index in [1.807, 2.05) is 12.1 Å². The minimum absolute atomic E-state index is 0.104. The highest BCUT2D eigenvalue weighted by atomic mass is 16.5. The Morgan fingerprint density at radius 2 is 2.09 bits per heavy atom. The van der Waals surface area contributed by atoms with Crippen LogP contribution in [-0.4, -0.2) is 17.2 Å². The number of phenolic OH excluding ortho intramolecular Hbond substituents is 1. The van der Waals surface area contributed by atoms with Crippen molar-refractivity contribution in [3.63, 3.8) is 0 Å². The molecule has 2 fully saturated rings. The molecule has 4 rings (SSSR count). The smallest absolute Gasteiger partial charge is 0.302 e. The number of fused-ring (bicyclic) bond motifs is 5. The third-order valence-corrected chi connectivity index (χ3v) is 6.93. The average Bonchev–Trinajstić information content (AvgIpc) is 2.83. The van der Waals surface area contributed by atoms with E-state index in [1.54, 1.807) is 0 Å². The maximum absolute atomic E-state index is 11.4. The molecule has 1 aromatic carbocycles. The fourth-order valence-electron chi connectivity index (χ4n) is 5.91. The number of aromatic hydroxyl groups is 1. The van der Waals surface area contributed by atoms with Crippen LogP contribution < -0.4 is 0 Å². The van der Waals surface area contributed by atoms with Crippen molar-refractivity contribution < 1.29 is 14.6 Å². The summed E-state index contributed by atoms with van der Waals surface area (Å²) in [6.45, 7) is 3.88. The van der Waals surface area contributed by atoms with Gasteiger partial charge in [-0.25, -0.2) is 0 Å². The highest BCUT2D eigenvalue weighted by Gasteiger charge is 2.56. The molecule has 0 unspecified atom stereocenters. The number of esters is 1. The van der Waals surface area contributed by atoms with E-state index in [9.17, 15) is 9.90 Å². The molecule has 0 amide bonds. The first kappa shape index (κ1) is 15.0. The molecule has 0 aliphatic heterocycles. The van der Waals surface area contributed by atoms with Gasteiger partial charge in [-0.2, -0.15) is 0 Å². The Morgan fingerprint density at radius 3 is 2.87 bits per heavy atom. The number of hydrogen-bond acceptors (Lipinski definition) is 3. The van der Waals surface area contributed by atoms with E-state index in [-0.39, 0.29) is 17.5 Å². The molecule has 2 saturated carbocycles. The lowest BCUT2D eigenvalue weighted by molar-refractivity contribution is -0.154. The zero-order valence-corrected chi connectivity index (χ0v) is 14.0. The van der Waals surface area contributed by atoms with E-state index >= 15 is 0 Å². The summed E-state index contributed by atoms with van der Waals surface area (Å²) >= 11 is 0. The van der Waals surface area contributed by atoms with E-state index in [0.29, 0.717) is 23.5 Å². The highest BCUT2D eigenvalue weighted by molar-refractivity contribution is 5.66. The normalized spacial score (nSPS) is 38.3. The molecule has 0 radical (unpaired) electrons. The Morgan fingerprint density at radius 1 is 1.26 bits per heavy atom. The lowest BCUT2D eigenvalue weighted by Crippen LogP contribution is -2.45. The van der Waals surface area contributed by atoms with Gasteiger partial charge in [0.1, 0.15) is 11.9 Å². The van der Waals surface area contributed by atoms with Crippen molar-refractivity contribution in [2.45, 2.75) is 64.4 Å². The lowest BCUT2D eigenvalue weighted by Gasteiger charge is -2.50. The van der Waals surface area contributed by atoms with Crippen LogP contribution in [0.15, 0.2) is 18.2 Å². The van der Waals surface area contributed by atoms with Crippen LogP contribution >= 0.6 is 0 Å². The molecule has 0 saturated heterocycles. The molecule has 3 heteroatoms. The molecule has 0 heterocycles. The van der Waals surface area contributed by atoms with Crippen molar-refractivity contribution in [2.75, 3.05) is 0 Å². The first-order valence-corrected chi connectivity index (χ1v) is 8.98. The molecule has 1 aromatic rings. The van der Waals surface area contributed by atoms with Crippen molar-refractivity contribution >= 4 is 5.97 Å². The number of aryl methyl sites for hydroxylation is 1. The standard InChI is InChI=1S/C20H26O3/c1-12(21)23-19-8-7-18-17-5-3-13-11-14(22)4-6-15(13)16(17)9-10-20(18,19)2/h4,6,11,16-19,22H,3,5,7-10H2,1-2H3/t16-,17-,18+,19+,20+/m1/s1. The average molecular weight is 314 g/mol. The second kappa shape index (κ2) is 5.25. The van der Waals surface area contributed by atoms with Gasteiger partial charge in [0.25, 0.3) is 0 Å². The van der Waals surface area contributed by atoms with Gasteiger partial charge in [-0.15, -0.1) is 0 Å². The van der Waals surface area contributed by atoms with Crippen molar-refractivity contribution in [1.82, 2.24) is 0 Å². The molecule has 124 valence electrons. The van der Waals surface area contributed by atoms with Crippen LogP contribution in [0.2, 0.25) is 0 Å². The minimum atomic E-state index is -0.136. The van der Waals surface area contributed by atoms with E-state index < -0.39 is 0 Å². The first-order valence-electron chi connectivity index (χ1n) is 8.98. The first-order chi connectivity index (χ1) is 11.0. The number of carbonyl (C=O) groups is 1. The molecule has 0 aromatic heterocycles. The van der Waals surface area contributed by atoms with Crippen molar-refractivity contribution in [1.29, 1.82) is 0 Å². The monoisotopic (exact) mass is 314 g/mol. The van der Waals surface area contributed by atoms with Gasteiger partial charge in [0.05, 0.1) is 0 Å². The van der Waals surface area contributed by atoms with Gasteiger partial charge in [-0.1, -0.05) is 13.0 Å². The fourth-order valence-corrected chi connectivity index (χ4v) is 5.91. The van der Waals surface area contributed by atoms with Crippen LogP contribution in [0, 0.1) is 17.3 Å². The number of benzene rings is 1. The Balaban J connectivity index is 1.63. The van der Waals surface area contributed by atoms with E-state index in [4.69, 9.17) is 4.74 Å². The van der Waals surface area contributed by atoms with E-state index in [1.165, 1.54) is 37.3 Å². The number of ether oxygens (including phenoxy) is 1. The van der Waals surface area contributed by atoms with Crippen molar-refractivity contribution in [2.24, 2.45) is 17.3 Å². The molecule has 0 spiro atoms. The molecule has 3 nitrogen and oxygen atoms in total. The van der Waals surface area contributed by atoms with Gasteiger partial charge in [-0.3, -0.25) is 4.79 Å². The number of phenols is 1. The maximum Gasteiger partial charge on any atom is 0.302 e. The highest BCUT2D eigenvalue weighted by Crippen LogP contribution is 2.61. The fraction of sp³-hybridized carbons (Fsp3) is 0.650. The lowest BCUT2D eigenvalue weighted by atomic mass is 9.55. The van der Waals surface area contributed by atoms with Crippen LogP contribution in [0.5, 0.6) is 5.75 Å². The summed E-state index contributed by atoms with van der Waals surface area (Å²) in [5.74, 6) is 2.23. The van der Waals surface area contributed by atoms with Crippen molar-refractivity contribution in [3.8, 4) is 5.75 Å². The number of rotatable bonds is 1. The Hall–Kier alpha value is -1.51. The molecular weight excluding hydrogens is 288 g/mol. The van der Waals surface area contributed by atoms with Gasteiger partial charge in [0.15, 0.2) is 0 Å². The van der Waals surface area contributed by atoms with Crippen LogP contribution in [0.25, 0.3) is 0 Å². The number of carbonyl (C=O) groups excluding carboxylic acids is 1. The summed E-state index contributed by atoms with van der Waals surface area (Å²) in [6, 6.07) is 5.93. The maximum atomic E-state index is 11.4. The summed E-state index contributed by atoms with van der Waals surface area (Å²) in [5.41, 5.74) is 2.95. The molecule has 1 N–H and O–H groups in total. The summed E-state index contributed by atoms with van der Waals surface area (Å²) in [6.07, 6.45) is 6.89. The van der Waals surface area contributed by atoms with Crippen LogP contribution in [0.3, 0.4) is 0 Å². The van der Waals surface area contributed by atoms with Gasteiger partial charge < -0.3 is 9.84 Å². The summed E-state index contributed by atoms with van der Waals surface area (Å²) in [7, 11) is 0. The summed E-state index contributed by atoms with van der Waals surface area (Å²) < 4.78 is 5.68. The third kappa shape index (κ3) is 2.28. The predicted molar refractivity (Wildman–Crippen MR) is 88.3 cm³/mol. The minimum Gasteiger partial charge on any atom is -0.508 e. The molecule has 0 bridgehead atoms. The molecule has 3 aliphatic carbocycles. The zero-order chi connectivity index (χ0) is 16.2. The second-order valence-corrected chi connectivity index (χ2v) is 8.02. The van der Waals surface area contributed by atoms with Gasteiger partial charge in [-0.05, 0) is 79.5 Å². The molecular formula is C20H26O3. The van der Waals surface area contributed by atoms with E-state index in [2.05, 4.69) is 13.0 Å². The molecule has 5 atom stereocenters. The van der Waals surface area contributed by atoms with Gasteiger partial charge in [0, 0.05) is 12.3 Å². The quantitative estimate of drug-likeness (QED) is 0.791. The van der Waals surface area contributed by atoms with Gasteiger partial charge >= 0.3 is 5.97 Å². The second-order valence-electron chi connectivity index (χ2n) is 8.02. The summed E-state index contributed by atoms with van der Waals surface area (Å²) in [5, 5.41) is 9.75. The Bertz CT molecular complexity index is 638. The largest absolute Gasteiger partial charge is 0.508 e. The topological polar surface area (TPSA) is 46.5 Å².